The van der Waals surface area contributed by atoms with Crippen LogP contribution in [0, 0.1) is 5.92 Å². The Hall–Kier alpha value is -2.08. The van der Waals surface area contributed by atoms with E-state index in [0.29, 0.717) is 0 Å². The first-order valence-electron chi connectivity index (χ1n) is 6.24. The van der Waals surface area contributed by atoms with Gasteiger partial charge >= 0.3 is 12.1 Å². The number of hydrogen-bond donors (Lipinski definition) is 2. The number of rotatable bonds is 6. The van der Waals surface area contributed by atoms with Crippen molar-refractivity contribution in [1.29, 1.82) is 0 Å². The smallest absolute Gasteiger partial charge is 0.407 e. The molecule has 1 atom stereocenters. The monoisotopic (exact) mass is 281 g/mol. The molecule has 20 heavy (non-hydrogen) atoms. The van der Waals surface area contributed by atoms with Gasteiger partial charge in [0, 0.05) is 6.54 Å². The molecule has 0 heterocycles. The third kappa shape index (κ3) is 5.27. The summed E-state index contributed by atoms with van der Waals surface area (Å²) in [5.74, 6) is -0.804. The molecule has 0 radical (unpaired) electrons. The van der Waals surface area contributed by atoms with Crippen LogP contribution in [0.25, 0.3) is 0 Å². The van der Waals surface area contributed by atoms with Crippen molar-refractivity contribution in [2.24, 2.45) is 5.92 Å². The van der Waals surface area contributed by atoms with E-state index in [1.165, 1.54) is 7.11 Å². The van der Waals surface area contributed by atoms with E-state index in [4.69, 9.17) is 9.84 Å². The molecule has 1 aromatic rings. The van der Waals surface area contributed by atoms with Gasteiger partial charge in [0.15, 0.2) is 0 Å². The number of ether oxygens (including phenoxy) is 2. The summed E-state index contributed by atoms with van der Waals surface area (Å²) in [6, 6.07) is 7.07. The number of carbonyl (C=O) groups is 2. The van der Waals surface area contributed by atoms with Crippen molar-refractivity contribution in [2.45, 2.75) is 20.1 Å². The van der Waals surface area contributed by atoms with Gasteiger partial charge in [0.1, 0.15) is 6.61 Å². The van der Waals surface area contributed by atoms with E-state index >= 15 is 0 Å². The van der Waals surface area contributed by atoms with Gasteiger partial charge in [0.05, 0.1) is 19.6 Å². The third-order valence-corrected chi connectivity index (χ3v) is 2.73. The summed E-state index contributed by atoms with van der Waals surface area (Å²) >= 11 is 0. The molecule has 0 spiro atoms. The molecule has 6 nitrogen and oxygen atoms in total. The summed E-state index contributed by atoms with van der Waals surface area (Å²) in [4.78, 5) is 22.6. The summed E-state index contributed by atoms with van der Waals surface area (Å²) in [6.07, 6.45) is -0.591. The van der Waals surface area contributed by atoms with Gasteiger partial charge in [0.2, 0.25) is 0 Å². The highest BCUT2D eigenvalue weighted by Crippen LogP contribution is 2.05. The number of aliphatic hydroxyl groups is 1. The average Bonchev–Trinajstić information content (AvgIpc) is 2.50. The molecule has 1 amide bonds. The van der Waals surface area contributed by atoms with E-state index in [2.05, 4.69) is 10.1 Å². The lowest BCUT2D eigenvalue weighted by Gasteiger charge is -2.11. The second kappa shape index (κ2) is 8.16. The van der Waals surface area contributed by atoms with Crippen LogP contribution in [0.3, 0.4) is 0 Å². The summed E-state index contributed by atoms with van der Waals surface area (Å²) in [5.41, 5.74) is 1.61. The maximum atomic E-state index is 11.4. The lowest BCUT2D eigenvalue weighted by atomic mass is 10.1. The minimum atomic E-state index is -0.591. The van der Waals surface area contributed by atoms with Crippen molar-refractivity contribution in [3.8, 4) is 0 Å². The van der Waals surface area contributed by atoms with E-state index in [0.717, 1.165) is 11.1 Å². The van der Waals surface area contributed by atoms with Gasteiger partial charge in [-0.25, -0.2) is 4.79 Å². The van der Waals surface area contributed by atoms with Gasteiger partial charge in [-0.3, -0.25) is 4.79 Å². The van der Waals surface area contributed by atoms with Crippen LogP contribution in [-0.2, 0) is 27.5 Å². The van der Waals surface area contributed by atoms with E-state index in [9.17, 15) is 9.59 Å². The van der Waals surface area contributed by atoms with Gasteiger partial charge in [-0.2, -0.15) is 0 Å². The Morgan fingerprint density at radius 1 is 1.25 bits per heavy atom. The van der Waals surface area contributed by atoms with E-state index in [1.54, 1.807) is 31.2 Å². The van der Waals surface area contributed by atoms with E-state index in [-0.39, 0.29) is 25.7 Å². The van der Waals surface area contributed by atoms with Crippen molar-refractivity contribution >= 4 is 12.1 Å². The molecule has 0 saturated carbocycles. The maximum absolute atomic E-state index is 11.4. The highest BCUT2D eigenvalue weighted by Gasteiger charge is 2.14. The van der Waals surface area contributed by atoms with Crippen molar-refractivity contribution in [3.63, 3.8) is 0 Å². The quantitative estimate of drug-likeness (QED) is 0.766. The largest absolute Gasteiger partial charge is 0.469 e. The van der Waals surface area contributed by atoms with E-state index in [1.807, 2.05) is 0 Å². The van der Waals surface area contributed by atoms with Gasteiger partial charge in [-0.05, 0) is 11.1 Å². The number of methoxy groups -OCH3 is 1. The zero-order chi connectivity index (χ0) is 15.0. The predicted molar refractivity (Wildman–Crippen MR) is 71.7 cm³/mol. The van der Waals surface area contributed by atoms with Crippen molar-refractivity contribution in [1.82, 2.24) is 5.32 Å². The number of amides is 1. The molecule has 0 bridgehead atoms. The molecule has 0 unspecified atom stereocenters. The molecule has 0 aliphatic heterocycles. The van der Waals surface area contributed by atoms with Crippen LogP contribution in [0.5, 0.6) is 0 Å². The molecule has 2 N–H and O–H groups in total. The van der Waals surface area contributed by atoms with Gasteiger partial charge in [-0.1, -0.05) is 31.2 Å². The van der Waals surface area contributed by atoms with Crippen LogP contribution in [0.1, 0.15) is 18.1 Å². The summed E-state index contributed by atoms with van der Waals surface area (Å²) in [6.45, 7) is 1.92. The molecule has 0 aromatic heterocycles. The third-order valence-electron chi connectivity index (χ3n) is 2.73. The standard InChI is InChI=1S/C14H19NO5/c1-10(13(17)19-2)7-15-14(18)20-9-12-5-3-11(8-16)4-6-12/h3-6,10,16H,7-9H2,1-2H3,(H,15,18)/t10-/m0/s1. The Morgan fingerprint density at radius 3 is 2.40 bits per heavy atom. The van der Waals surface area contributed by atoms with Crippen LogP contribution in [-0.4, -0.2) is 30.8 Å². The predicted octanol–water partition coefficient (Wildman–Crippen LogP) is 1.21. The summed E-state index contributed by atoms with van der Waals surface area (Å²) < 4.78 is 9.54. The number of benzene rings is 1. The highest BCUT2D eigenvalue weighted by atomic mass is 16.5. The molecule has 1 aromatic carbocycles. The normalized spacial score (nSPS) is 11.6. The van der Waals surface area contributed by atoms with Crippen LogP contribution in [0.15, 0.2) is 24.3 Å². The SMILES string of the molecule is COC(=O)[C@@H](C)CNC(=O)OCc1ccc(CO)cc1. The number of hydrogen-bond acceptors (Lipinski definition) is 5. The van der Waals surface area contributed by atoms with Crippen molar-refractivity contribution < 1.29 is 24.2 Å². The van der Waals surface area contributed by atoms with Crippen molar-refractivity contribution in [2.75, 3.05) is 13.7 Å². The first-order chi connectivity index (χ1) is 9.56. The Morgan fingerprint density at radius 2 is 1.85 bits per heavy atom. The number of esters is 1. The molecule has 1 rings (SSSR count). The molecule has 0 fully saturated rings. The van der Waals surface area contributed by atoms with Gasteiger partial charge in [-0.15, -0.1) is 0 Å². The van der Waals surface area contributed by atoms with Crippen molar-refractivity contribution in [3.05, 3.63) is 35.4 Å². The fraction of sp³-hybridized carbons (Fsp3) is 0.429. The van der Waals surface area contributed by atoms with Crippen LogP contribution >= 0.6 is 0 Å². The fourth-order valence-corrected chi connectivity index (χ4v) is 1.46. The zero-order valence-electron chi connectivity index (χ0n) is 11.6. The molecular weight excluding hydrogens is 262 g/mol. The second-order valence-electron chi connectivity index (χ2n) is 4.36. The maximum Gasteiger partial charge on any atom is 0.407 e. The minimum absolute atomic E-state index is 0.0208. The Kier molecular flexibility index (Phi) is 6.52. The Balaban J connectivity index is 2.30. The summed E-state index contributed by atoms with van der Waals surface area (Å²) in [7, 11) is 1.30. The molecule has 0 aliphatic rings. The van der Waals surface area contributed by atoms with Crippen LogP contribution in [0.4, 0.5) is 4.79 Å². The molecular formula is C14H19NO5. The number of alkyl carbamates (subject to hydrolysis) is 1. The second-order valence-corrected chi connectivity index (χ2v) is 4.36. The molecule has 0 aliphatic carbocycles. The fourth-order valence-electron chi connectivity index (χ4n) is 1.46. The first-order valence-corrected chi connectivity index (χ1v) is 6.24. The highest BCUT2D eigenvalue weighted by molar-refractivity contribution is 5.73. The van der Waals surface area contributed by atoms with E-state index < -0.39 is 12.0 Å². The Bertz CT molecular complexity index is 443. The average molecular weight is 281 g/mol. The first kappa shape index (κ1) is 16.0. The number of carbonyl (C=O) groups excluding carboxylic acids is 2. The molecule has 110 valence electrons. The summed E-state index contributed by atoms with van der Waals surface area (Å²) in [5, 5.41) is 11.4. The van der Waals surface area contributed by atoms with Gasteiger partial charge < -0.3 is 19.9 Å². The zero-order valence-corrected chi connectivity index (χ0v) is 11.6. The topological polar surface area (TPSA) is 84.9 Å². The lowest BCUT2D eigenvalue weighted by molar-refractivity contribution is -0.144. The molecule has 6 heteroatoms. The van der Waals surface area contributed by atoms with Crippen LogP contribution in [0.2, 0.25) is 0 Å². The minimum Gasteiger partial charge on any atom is -0.469 e. The molecule has 0 saturated heterocycles. The Labute approximate surface area is 117 Å². The van der Waals surface area contributed by atoms with Gasteiger partial charge in [0.25, 0.3) is 0 Å². The van der Waals surface area contributed by atoms with Crippen LogP contribution < -0.4 is 5.32 Å². The number of aliphatic hydroxyl groups excluding tert-OH is 1. The number of nitrogens with one attached hydrogen (secondary N) is 1. The lowest BCUT2D eigenvalue weighted by Crippen LogP contribution is -2.32.